The minimum Gasteiger partial charge on any atom is -0.368 e. The lowest BCUT2D eigenvalue weighted by Crippen LogP contribution is -2.50. The van der Waals surface area contributed by atoms with Crippen molar-refractivity contribution in [2.75, 3.05) is 25.1 Å². The maximum absolute atomic E-state index is 11.8. The molecule has 0 rings (SSSR count). The molecule has 0 radical (unpaired) electrons. The van der Waals surface area contributed by atoms with Crippen LogP contribution in [0.4, 0.5) is 0 Å². The maximum Gasteiger partial charge on any atom is 0.240 e. The molecule has 0 saturated heterocycles. The summed E-state index contributed by atoms with van der Waals surface area (Å²) in [4.78, 5) is 34.3. The number of hydrogen-bond donors (Lipinski definition) is 3. The number of nitrogens with zero attached hydrogens (tertiary/aromatic N) is 1. The third-order valence-corrected chi connectivity index (χ3v) is 2.60. The van der Waals surface area contributed by atoms with Gasteiger partial charge in [-0.25, -0.2) is 0 Å². The number of carbonyl (C=O) groups is 3. The molecule has 0 saturated carbocycles. The molecule has 6 N–H and O–H groups in total. The zero-order chi connectivity index (χ0) is 13.4. The van der Waals surface area contributed by atoms with E-state index in [9.17, 15) is 14.4 Å². The van der Waals surface area contributed by atoms with Gasteiger partial charge in [0.15, 0.2) is 0 Å². The second-order valence-electron chi connectivity index (χ2n) is 3.51. The van der Waals surface area contributed by atoms with Crippen molar-refractivity contribution in [2.24, 2.45) is 17.2 Å². The Morgan fingerprint density at radius 1 is 1.18 bits per heavy atom. The molecule has 98 valence electrons. The normalized spacial score (nSPS) is 11.9. The summed E-state index contributed by atoms with van der Waals surface area (Å²) >= 11 is 1.55. The molecule has 0 aromatic rings. The van der Waals surface area contributed by atoms with Crippen LogP contribution < -0.4 is 17.2 Å². The Hall–Kier alpha value is -1.28. The van der Waals surface area contributed by atoms with Crippen LogP contribution >= 0.6 is 11.8 Å². The van der Waals surface area contributed by atoms with E-state index in [1.807, 2.05) is 6.26 Å². The number of nitrogens with two attached hydrogens (primary N) is 3. The molecular formula is C9H18N4O3S. The van der Waals surface area contributed by atoms with Crippen LogP contribution in [0.15, 0.2) is 0 Å². The summed E-state index contributed by atoms with van der Waals surface area (Å²) < 4.78 is 0. The van der Waals surface area contributed by atoms with E-state index >= 15 is 0 Å². The molecule has 1 atom stereocenters. The third kappa shape index (κ3) is 6.80. The zero-order valence-corrected chi connectivity index (χ0v) is 10.5. The van der Waals surface area contributed by atoms with E-state index in [-0.39, 0.29) is 13.1 Å². The molecule has 0 aliphatic heterocycles. The molecule has 8 heteroatoms. The number of amides is 3. The summed E-state index contributed by atoms with van der Waals surface area (Å²) in [7, 11) is 0. The largest absolute Gasteiger partial charge is 0.368 e. The van der Waals surface area contributed by atoms with Crippen LogP contribution in [-0.2, 0) is 14.4 Å². The molecule has 17 heavy (non-hydrogen) atoms. The zero-order valence-electron chi connectivity index (χ0n) is 9.72. The summed E-state index contributed by atoms with van der Waals surface area (Å²) in [6.45, 7) is -0.705. The fraction of sp³-hybridized carbons (Fsp3) is 0.667. The lowest BCUT2D eigenvalue weighted by molar-refractivity contribution is -0.139. The summed E-state index contributed by atoms with van der Waals surface area (Å²) in [5.74, 6) is -1.20. The van der Waals surface area contributed by atoms with E-state index in [2.05, 4.69) is 0 Å². The number of rotatable bonds is 8. The Kier molecular flexibility index (Phi) is 7.31. The molecule has 0 unspecified atom stereocenters. The van der Waals surface area contributed by atoms with E-state index in [0.717, 1.165) is 4.90 Å². The van der Waals surface area contributed by atoms with Gasteiger partial charge in [-0.15, -0.1) is 0 Å². The van der Waals surface area contributed by atoms with Crippen molar-refractivity contribution in [3.05, 3.63) is 0 Å². The van der Waals surface area contributed by atoms with Crippen LogP contribution in [-0.4, -0.2) is 53.8 Å². The molecule has 3 amide bonds. The SMILES string of the molecule is CSCC[C@@H](N)C(=O)N(CC(N)=O)CC(N)=O. The average Bonchev–Trinajstić information content (AvgIpc) is 2.22. The van der Waals surface area contributed by atoms with Gasteiger partial charge < -0.3 is 22.1 Å². The first-order valence-corrected chi connectivity index (χ1v) is 6.37. The quantitative estimate of drug-likeness (QED) is 0.459. The topological polar surface area (TPSA) is 133 Å². The maximum atomic E-state index is 11.8. The first kappa shape index (κ1) is 15.7. The van der Waals surface area contributed by atoms with Crippen LogP contribution in [0.1, 0.15) is 6.42 Å². The van der Waals surface area contributed by atoms with Crippen molar-refractivity contribution in [3.63, 3.8) is 0 Å². The highest BCUT2D eigenvalue weighted by Crippen LogP contribution is 2.02. The van der Waals surface area contributed by atoms with Crippen molar-refractivity contribution in [1.82, 2.24) is 4.90 Å². The number of primary amides is 2. The molecule has 0 bridgehead atoms. The smallest absolute Gasteiger partial charge is 0.240 e. The molecule has 7 nitrogen and oxygen atoms in total. The van der Waals surface area contributed by atoms with E-state index in [1.54, 1.807) is 11.8 Å². The standard InChI is InChI=1S/C9H18N4O3S/c1-17-3-2-6(10)9(16)13(4-7(11)14)5-8(12)15/h6H,2-5,10H2,1H3,(H2,11,14)(H2,12,15)/t6-/m1/s1. The van der Waals surface area contributed by atoms with Gasteiger partial charge in [0, 0.05) is 0 Å². The van der Waals surface area contributed by atoms with Crippen LogP contribution in [0, 0.1) is 0 Å². The van der Waals surface area contributed by atoms with Crippen molar-refractivity contribution >= 4 is 29.5 Å². The van der Waals surface area contributed by atoms with Gasteiger partial charge in [0.2, 0.25) is 17.7 Å². The highest BCUT2D eigenvalue weighted by molar-refractivity contribution is 7.98. The van der Waals surface area contributed by atoms with Gasteiger partial charge in [0.1, 0.15) is 0 Å². The molecule has 0 aromatic heterocycles. The lowest BCUT2D eigenvalue weighted by Gasteiger charge is -2.22. The summed E-state index contributed by atoms with van der Waals surface area (Å²) in [6.07, 6.45) is 2.36. The fourth-order valence-corrected chi connectivity index (χ4v) is 1.68. The molecule has 0 aromatic carbocycles. The van der Waals surface area contributed by atoms with Crippen LogP contribution in [0.25, 0.3) is 0 Å². The summed E-state index contributed by atoms with van der Waals surface area (Å²) in [6, 6.07) is -0.749. The van der Waals surface area contributed by atoms with Crippen molar-refractivity contribution in [2.45, 2.75) is 12.5 Å². The monoisotopic (exact) mass is 262 g/mol. The second-order valence-corrected chi connectivity index (χ2v) is 4.50. The summed E-state index contributed by atoms with van der Waals surface area (Å²) in [5.41, 5.74) is 15.6. The van der Waals surface area contributed by atoms with Gasteiger partial charge >= 0.3 is 0 Å². The van der Waals surface area contributed by atoms with Gasteiger partial charge in [-0.1, -0.05) is 0 Å². The van der Waals surface area contributed by atoms with Gasteiger partial charge in [-0.2, -0.15) is 11.8 Å². The summed E-state index contributed by atoms with van der Waals surface area (Å²) in [5, 5.41) is 0. The number of thioether (sulfide) groups is 1. The van der Waals surface area contributed by atoms with E-state index in [1.165, 1.54) is 0 Å². The number of carbonyl (C=O) groups excluding carboxylic acids is 3. The minimum atomic E-state index is -0.749. The first-order valence-electron chi connectivity index (χ1n) is 4.98. The highest BCUT2D eigenvalue weighted by atomic mass is 32.2. The Balaban J connectivity index is 4.49. The van der Waals surface area contributed by atoms with Crippen LogP contribution in [0.5, 0.6) is 0 Å². The Morgan fingerprint density at radius 2 is 1.65 bits per heavy atom. The molecule has 0 aliphatic rings. The molecule has 0 spiro atoms. The highest BCUT2D eigenvalue weighted by Gasteiger charge is 2.23. The Morgan fingerprint density at radius 3 is 2.00 bits per heavy atom. The average molecular weight is 262 g/mol. The van der Waals surface area contributed by atoms with Crippen LogP contribution in [0.3, 0.4) is 0 Å². The lowest BCUT2D eigenvalue weighted by atomic mass is 10.2. The Bertz CT molecular complexity index is 282. The van der Waals surface area contributed by atoms with Crippen LogP contribution in [0.2, 0.25) is 0 Å². The van der Waals surface area contributed by atoms with Gasteiger partial charge in [0.05, 0.1) is 19.1 Å². The van der Waals surface area contributed by atoms with Crippen molar-refractivity contribution in [1.29, 1.82) is 0 Å². The molecular weight excluding hydrogens is 244 g/mol. The predicted octanol–water partition coefficient (Wildman–Crippen LogP) is -2.13. The van der Waals surface area contributed by atoms with Crippen molar-refractivity contribution in [3.8, 4) is 0 Å². The number of hydrogen-bond acceptors (Lipinski definition) is 5. The molecule has 0 heterocycles. The van der Waals surface area contributed by atoms with Gasteiger partial charge in [-0.3, -0.25) is 14.4 Å². The first-order chi connectivity index (χ1) is 7.88. The predicted molar refractivity (Wildman–Crippen MR) is 65.9 cm³/mol. The van der Waals surface area contributed by atoms with Gasteiger partial charge in [0.25, 0.3) is 0 Å². The van der Waals surface area contributed by atoms with E-state index in [4.69, 9.17) is 17.2 Å². The Labute approximate surface area is 104 Å². The molecule has 0 fully saturated rings. The fourth-order valence-electron chi connectivity index (χ4n) is 1.19. The second kappa shape index (κ2) is 7.91. The molecule has 0 aliphatic carbocycles. The third-order valence-electron chi connectivity index (χ3n) is 1.96. The minimum absolute atomic E-state index is 0.352. The van der Waals surface area contributed by atoms with Gasteiger partial charge in [-0.05, 0) is 18.4 Å². The van der Waals surface area contributed by atoms with E-state index < -0.39 is 23.8 Å². The van der Waals surface area contributed by atoms with Crippen molar-refractivity contribution < 1.29 is 14.4 Å². The van der Waals surface area contributed by atoms with E-state index in [0.29, 0.717) is 12.2 Å².